The summed E-state index contributed by atoms with van der Waals surface area (Å²) in [6, 6.07) is 1.91. The molecule has 0 amide bonds. The standard InChI is InChI=1S/C13H17BrFNO2/c1-17-11-7-10(14)12(15)9(13(11)18-2)6-8-4-3-5-16-8/h7-8,16H,3-6H2,1-2H3. The summed E-state index contributed by atoms with van der Waals surface area (Å²) < 4.78 is 25.2. The van der Waals surface area contributed by atoms with Gasteiger partial charge in [-0.2, -0.15) is 0 Å². The molecule has 1 atom stereocenters. The number of halogens is 2. The highest BCUT2D eigenvalue weighted by atomic mass is 79.9. The van der Waals surface area contributed by atoms with Crippen LogP contribution in [0.5, 0.6) is 11.5 Å². The topological polar surface area (TPSA) is 30.5 Å². The molecule has 0 aliphatic carbocycles. The van der Waals surface area contributed by atoms with Gasteiger partial charge in [0.1, 0.15) is 5.82 Å². The Morgan fingerprint density at radius 2 is 2.22 bits per heavy atom. The van der Waals surface area contributed by atoms with Gasteiger partial charge in [-0.3, -0.25) is 0 Å². The third kappa shape index (κ3) is 2.62. The minimum Gasteiger partial charge on any atom is -0.493 e. The predicted molar refractivity (Wildman–Crippen MR) is 71.9 cm³/mol. The van der Waals surface area contributed by atoms with E-state index >= 15 is 0 Å². The highest BCUT2D eigenvalue weighted by molar-refractivity contribution is 9.10. The molecule has 100 valence electrons. The number of rotatable bonds is 4. The van der Waals surface area contributed by atoms with Gasteiger partial charge in [-0.25, -0.2) is 4.39 Å². The lowest BCUT2D eigenvalue weighted by Gasteiger charge is -2.17. The number of nitrogens with one attached hydrogen (secondary N) is 1. The summed E-state index contributed by atoms with van der Waals surface area (Å²) in [7, 11) is 3.09. The van der Waals surface area contributed by atoms with Crippen LogP contribution in [0.2, 0.25) is 0 Å². The number of hydrogen-bond donors (Lipinski definition) is 1. The predicted octanol–water partition coefficient (Wildman–Crippen LogP) is 2.90. The van der Waals surface area contributed by atoms with Gasteiger partial charge in [-0.05, 0) is 41.7 Å². The van der Waals surface area contributed by atoms with Crippen LogP contribution in [0, 0.1) is 5.82 Å². The van der Waals surface area contributed by atoms with Crippen molar-refractivity contribution in [3.8, 4) is 11.5 Å². The zero-order valence-corrected chi connectivity index (χ0v) is 12.1. The van der Waals surface area contributed by atoms with Gasteiger partial charge in [0.15, 0.2) is 11.5 Å². The molecule has 0 saturated carbocycles. The minimum absolute atomic E-state index is 0.263. The molecule has 1 aliphatic heterocycles. The second-order valence-electron chi connectivity index (χ2n) is 4.38. The Hall–Kier alpha value is -0.810. The fourth-order valence-electron chi connectivity index (χ4n) is 2.37. The Morgan fingerprint density at radius 1 is 1.44 bits per heavy atom. The summed E-state index contributed by atoms with van der Waals surface area (Å²) in [6.45, 7) is 1.000. The second kappa shape index (κ2) is 5.89. The Balaban J connectivity index is 2.38. The zero-order valence-electron chi connectivity index (χ0n) is 10.6. The van der Waals surface area contributed by atoms with Crippen LogP contribution >= 0.6 is 15.9 Å². The molecule has 1 fully saturated rings. The Bertz CT molecular complexity index is 433. The van der Waals surface area contributed by atoms with Gasteiger partial charge >= 0.3 is 0 Å². The Morgan fingerprint density at radius 3 is 2.78 bits per heavy atom. The van der Waals surface area contributed by atoms with E-state index in [1.807, 2.05) is 0 Å². The van der Waals surface area contributed by atoms with E-state index in [1.165, 1.54) is 7.11 Å². The zero-order chi connectivity index (χ0) is 13.1. The molecule has 0 spiro atoms. The first-order chi connectivity index (χ1) is 8.67. The summed E-state index contributed by atoms with van der Waals surface area (Å²) in [5.74, 6) is 0.784. The van der Waals surface area contributed by atoms with Crippen LogP contribution in [-0.4, -0.2) is 26.8 Å². The third-order valence-corrected chi connectivity index (χ3v) is 3.84. The highest BCUT2D eigenvalue weighted by Gasteiger charge is 2.23. The first kappa shape index (κ1) is 13.6. The van der Waals surface area contributed by atoms with E-state index in [4.69, 9.17) is 9.47 Å². The monoisotopic (exact) mass is 317 g/mol. The Kier molecular flexibility index (Phi) is 4.45. The normalized spacial score (nSPS) is 19.0. The highest BCUT2D eigenvalue weighted by Crippen LogP contribution is 2.38. The fraction of sp³-hybridized carbons (Fsp3) is 0.538. The van der Waals surface area contributed by atoms with Crippen LogP contribution in [0.15, 0.2) is 10.5 Å². The lowest BCUT2D eigenvalue weighted by Crippen LogP contribution is -2.24. The lowest BCUT2D eigenvalue weighted by atomic mass is 10.0. The molecule has 1 aromatic carbocycles. The van der Waals surface area contributed by atoms with Crippen molar-refractivity contribution < 1.29 is 13.9 Å². The summed E-state index contributed by atoms with van der Waals surface area (Å²) in [5.41, 5.74) is 0.572. The SMILES string of the molecule is COc1cc(Br)c(F)c(CC2CCCN2)c1OC. The number of ether oxygens (including phenoxy) is 2. The molecule has 0 aromatic heterocycles. The third-order valence-electron chi connectivity index (χ3n) is 3.27. The van der Waals surface area contributed by atoms with Crippen LogP contribution in [0.25, 0.3) is 0 Å². The van der Waals surface area contributed by atoms with Crippen molar-refractivity contribution in [3.63, 3.8) is 0 Å². The minimum atomic E-state index is -0.263. The lowest BCUT2D eigenvalue weighted by molar-refractivity contribution is 0.346. The molecule has 2 rings (SSSR count). The molecule has 3 nitrogen and oxygen atoms in total. The molecule has 18 heavy (non-hydrogen) atoms. The quantitative estimate of drug-likeness (QED) is 0.926. The maximum atomic E-state index is 14.2. The molecular weight excluding hydrogens is 301 g/mol. The van der Waals surface area contributed by atoms with Crippen LogP contribution < -0.4 is 14.8 Å². The summed E-state index contributed by atoms with van der Waals surface area (Å²) in [6.07, 6.45) is 2.82. The summed E-state index contributed by atoms with van der Waals surface area (Å²) in [5, 5.41) is 3.36. The Labute approximate surface area is 115 Å². The van der Waals surface area contributed by atoms with Gasteiger partial charge in [0.25, 0.3) is 0 Å². The van der Waals surface area contributed by atoms with E-state index in [1.54, 1.807) is 13.2 Å². The molecule has 0 bridgehead atoms. The summed E-state index contributed by atoms with van der Waals surface area (Å²) >= 11 is 3.22. The smallest absolute Gasteiger partial charge is 0.166 e. The number of hydrogen-bond acceptors (Lipinski definition) is 3. The van der Waals surface area contributed by atoms with E-state index in [-0.39, 0.29) is 5.82 Å². The van der Waals surface area contributed by atoms with Gasteiger partial charge < -0.3 is 14.8 Å². The van der Waals surface area contributed by atoms with Crippen LogP contribution in [0.1, 0.15) is 18.4 Å². The maximum absolute atomic E-state index is 14.2. The van der Waals surface area contributed by atoms with E-state index in [2.05, 4.69) is 21.2 Å². The van der Waals surface area contributed by atoms with E-state index in [0.29, 0.717) is 34.0 Å². The first-order valence-corrected chi connectivity index (χ1v) is 6.79. The van der Waals surface area contributed by atoms with Gasteiger partial charge in [0, 0.05) is 17.7 Å². The molecule has 1 unspecified atom stereocenters. The molecule has 1 aliphatic rings. The van der Waals surface area contributed by atoms with Gasteiger partial charge in [-0.1, -0.05) is 0 Å². The van der Waals surface area contributed by atoms with Crippen LogP contribution in [-0.2, 0) is 6.42 Å². The number of benzene rings is 1. The van der Waals surface area contributed by atoms with Crippen molar-refractivity contribution in [1.29, 1.82) is 0 Å². The summed E-state index contributed by atoms with van der Waals surface area (Å²) in [4.78, 5) is 0. The second-order valence-corrected chi connectivity index (χ2v) is 5.24. The van der Waals surface area contributed by atoms with Crippen molar-refractivity contribution in [3.05, 3.63) is 21.9 Å². The van der Waals surface area contributed by atoms with E-state index in [9.17, 15) is 4.39 Å². The van der Waals surface area contributed by atoms with Crippen molar-refractivity contribution in [2.75, 3.05) is 20.8 Å². The first-order valence-electron chi connectivity index (χ1n) is 5.99. The molecule has 0 radical (unpaired) electrons. The van der Waals surface area contributed by atoms with Crippen molar-refractivity contribution >= 4 is 15.9 Å². The molecule has 1 heterocycles. The van der Waals surface area contributed by atoms with Crippen molar-refractivity contribution in [2.24, 2.45) is 0 Å². The van der Waals surface area contributed by atoms with Gasteiger partial charge in [-0.15, -0.1) is 0 Å². The molecule has 1 N–H and O–H groups in total. The average molecular weight is 318 g/mol. The van der Waals surface area contributed by atoms with E-state index < -0.39 is 0 Å². The maximum Gasteiger partial charge on any atom is 0.166 e. The molecule has 1 aromatic rings. The van der Waals surface area contributed by atoms with Gasteiger partial charge in [0.05, 0.1) is 18.7 Å². The largest absolute Gasteiger partial charge is 0.493 e. The fourth-order valence-corrected chi connectivity index (χ4v) is 2.82. The number of methoxy groups -OCH3 is 2. The molecule has 5 heteroatoms. The van der Waals surface area contributed by atoms with E-state index in [0.717, 1.165) is 19.4 Å². The molecular formula is C13H17BrFNO2. The average Bonchev–Trinajstić information content (AvgIpc) is 2.87. The van der Waals surface area contributed by atoms with Gasteiger partial charge in [0.2, 0.25) is 0 Å². The van der Waals surface area contributed by atoms with Crippen LogP contribution in [0.3, 0.4) is 0 Å². The molecule has 1 saturated heterocycles. The van der Waals surface area contributed by atoms with Crippen molar-refractivity contribution in [2.45, 2.75) is 25.3 Å². The van der Waals surface area contributed by atoms with Crippen LogP contribution in [0.4, 0.5) is 4.39 Å². The van der Waals surface area contributed by atoms with Crippen molar-refractivity contribution in [1.82, 2.24) is 5.32 Å².